The first kappa shape index (κ1) is 28.3. The number of nitrogens with zero attached hydrogens (tertiary/aromatic N) is 2. The molecule has 40 heavy (non-hydrogen) atoms. The predicted molar refractivity (Wildman–Crippen MR) is 157 cm³/mol. The molecule has 0 saturated carbocycles. The highest BCUT2D eigenvalue weighted by Gasteiger charge is 2.40. The maximum absolute atomic E-state index is 13.5. The average molecular weight is 549 g/mol. The number of amides is 2. The van der Waals surface area contributed by atoms with E-state index in [4.69, 9.17) is 9.47 Å². The lowest BCUT2D eigenvalue weighted by molar-refractivity contribution is -0.134. The van der Waals surface area contributed by atoms with Gasteiger partial charge in [-0.25, -0.2) is 0 Å². The number of fused-ring (bicyclic) bond motifs is 1. The first-order valence-corrected chi connectivity index (χ1v) is 15.0. The van der Waals surface area contributed by atoms with E-state index in [9.17, 15) is 9.59 Å². The number of carbonyl (C=O) groups is 2. The molecule has 2 N–H and O–H groups in total. The summed E-state index contributed by atoms with van der Waals surface area (Å²) in [6.45, 7) is 6.11. The van der Waals surface area contributed by atoms with E-state index in [1.807, 2.05) is 12.1 Å². The smallest absolute Gasteiger partial charge is 0.255 e. The number of nitrogens with one attached hydrogen (secondary N) is 2. The third-order valence-electron chi connectivity index (χ3n) is 8.83. The molecule has 0 bridgehead atoms. The number of para-hydroxylation sites is 1. The minimum Gasteiger partial charge on any atom is -0.496 e. The molecule has 2 amide bonds. The van der Waals surface area contributed by atoms with Gasteiger partial charge in [0.05, 0.1) is 24.6 Å². The van der Waals surface area contributed by atoms with Crippen LogP contribution in [-0.4, -0.2) is 69.7 Å². The number of hydrogen-bond acceptors (Lipinski definition) is 6. The number of carbonyl (C=O) groups excluding carboxylic acids is 2. The molecular weight excluding hydrogens is 504 g/mol. The Morgan fingerprint density at radius 1 is 0.875 bits per heavy atom. The Bertz CT molecular complexity index is 1160. The predicted octanol–water partition coefficient (Wildman–Crippen LogP) is 4.38. The van der Waals surface area contributed by atoms with Gasteiger partial charge in [0, 0.05) is 43.5 Å². The minimum absolute atomic E-state index is 0.112. The van der Waals surface area contributed by atoms with E-state index in [-0.39, 0.29) is 17.2 Å². The third kappa shape index (κ3) is 6.72. The van der Waals surface area contributed by atoms with Gasteiger partial charge >= 0.3 is 0 Å². The van der Waals surface area contributed by atoms with Crippen LogP contribution in [0.2, 0.25) is 0 Å². The zero-order valence-corrected chi connectivity index (χ0v) is 23.9. The van der Waals surface area contributed by atoms with Crippen LogP contribution in [0.4, 0.5) is 5.69 Å². The van der Waals surface area contributed by atoms with Gasteiger partial charge in [0.1, 0.15) is 18.1 Å². The summed E-state index contributed by atoms with van der Waals surface area (Å²) < 4.78 is 11.7. The Balaban J connectivity index is 1.20. The van der Waals surface area contributed by atoms with E-state index in [0.29, 0.717) is 31.0 Å². The van der Waals surface area contributed by atoms with Gasteiger partial charge in [0.15, 0.2) is 0 Å². The zero-order valence-electron chi connectivity index (χ0n) is 23.9. The Morgan fingerprint density at radius 2 is 1.68 bits per heavy atom. The Hall–Kier alpha value is -3.26. The van der Waals surface area contributed by atoms with Crippen molar-refractivity contribution in [2.24, 2.45) is 5.41 Å². The van der Waals surface area contributed by atoms with Gasteiger partial charge < -0.3 is 25.0 Å². The van der Waals surface area contributed by atoms with E-state index in [1.165, 1.54) is 30.5 Å². The molecule has 8 nitrogen and oxygen atoms in total. The van der Waals surface area contributed by atoms with Crippen molar-refractivity contribution >= 4 is 17.5 Å². The monoisotopic (exact) mass is 548 g/mol. The molecule has 0 aliphatic carbocycles. The average Bonchev–Trinajstić information content (AvgIpc) is 3.00. The Morgan fingerprint density at radius 3 is 2.48 bits per heavy atom. The van der Waals surface area contributed by atoms with Crippen molar-refractivity contribution in [3.8, 4) is 11.5 Å². The van der Waals surface area contributed by atoms with Crippen molar-refractivity contribution < 1.29 is 19.1 Å². The van der Waals surface area contributed by atoms with E-state index in [0.717, 1.165) is 70.6 Å². The summed E-state index contributed by atoms with van der Waals surface area (Å²) in [5, 5.41) is 6.17. The van der Waals surface area contributed by atoms with Gasteiger partial charge in [-0.1, -0.05) is 24.6 Å². The third-order valence-corrected chi connectivity index (χ3v) is 8.83. The molecule has 0 radical (unpaired) electrons. The van der Waals surface area contributed by atoms with Crippen LogP contribution in [0, 0.1) is 5.41 Å². The number of likely N-dealkylation sites (tertiary alicyclic amines) is 1. The lowest BCUT2D eigenvalue weighted by atomic mass is 9.73. The number of piperidine rings is 2. The first-order chi connectivity index (χ1) is 19.6. The normalized spacial score (nSPS) is 21.0. The lowest BCUT2D eigenvalue weighted by Crippen LogP contribution is -2.49. The summed E-state index contributed by atoms with van der Waals surface area (Å²) in [7, 11) is 1.76. The molecule has 0 aromatic heterocycles. The molecule has 2 aromatic carbocycles. The molecule has 2 fully saturated rings. The van der Waals surface area contributed by atoms with Crippen LogP contribution in [0.1, 0.15) is 67.3 Å². The van der Waals surface area contributed by atoms with Crippen LogP contribution in [-0.2, 0) is 11.3 Å². The van der Waals surface area contributed by atoms with Gasteiger partial charge in [-0.05, 0) is 76.2 Å². The fourth-order valence-electron chi connectivity index (χ4n) is 6.36. The standard InChI is InChI=1S/C32H44N4O4/c1-39-29-23-26(36-18-7-2-8-19-36)12-11-25(29)24-35-20-14-32(15-21-35)13-5-6-16-33-30(37)27-9-3-4-10-28(27)40-22-17-34-31(32)38/h3-4,9-12,23H,2,5-8,13-22,24H2,1H3,(H,33,37)(H,34,38). The fourth-order valence-corrected chi connectivity index (χ4v) is 6.36. The second-order valence-electron chi connectivity index (χ2n) is 11.4. The molecular formula is C32H44N4O4. The summed E-state index contributed by atoms with van der Waals surface area (Å²) in [5.41, 5.74) is 2.60. The summed E-state index contributed by atoms with van der Waals surface area (Å²) in [4.78, 5) is 31.1. The number of methoxy groups -OCH3 is 1. The van der Waals surface area contributed by atoms with Gasteiger partial charge in [0.2, 0.25) is 5.91 Å². The molecule has 0 atom stereocenters. The van der Waals surface area contributed by atoms with Crippen molar-refractivity contribution in [1.29, 1.82) is 0 Å². The van der Waals surface area contributed by atoms with Gasteiger partial charge in [-0.2, -0.15) is 0 Å². The first-order valence-electron chi connectivity index (χ1n) is 15.0. The van der Waals surface area contributed by atoms with Crippen molar-refractivity contribution in [3.05, 3.63) is 53.6 Å². The molecule has 0 unspecified atom stereocenters. The number of ether oxygens (including phenoxy) is 2. The van der Waals surface area contributed by atoms with Crippen LogP contribution in [0.3, 0.4) is 0 Å². The fraction of sp³-hybridized carbons (Fsp3) is 0.562. The summed E-state index contributed by atoms with van der Waals surface area (Å²) in [6, 6.07) is 13.9. The molecule has 5 rings (SSSR count). The highest BCUT2D eigenvalue weighted by molar-refractivity contribution is 5.96. The molecule has 8 heteroatoms. The van der Waals surface area contributed by atoms with E-state index in [1.54, 1.807) is 19.2 Å². The number of hydrogen-bond donors (Lipinski definition) is 2. The van der Waals surface area contributed by atoms with Gasteiger partial charge in [-0.15, -0.1) is 0 Å². The van der Waals surface area contributed by atoms with E-state index >= 15 is 0 Å². The van der Waals surface area contributed by atoms with Crippen molar-refractivity contribution in [3.63, 3.8) is 0 Å². The molecule has 3 aliphatic heterocycles. The Labute approximate surface area is 238 Å². The molecule has 3 heterocycles. The largest absolute Gasteiger partial charge is 0.496 e. The van der Waals surface area contributed by atoms with Crippen molar-refractivity contribution in [2.45, 2.75) is 57.9 Å². The lowest BCUT2D eigenvalue weighted by Gasteiger charge is -2.41. The zero-order chi connectivity index (χ0) is 27.8. The summed E-state index contributed by atoms with van der Waals surface area (Å²) in [5.74, 6) is 1.52. The molecule has 2 aromatic rings. The highest BCUT2D eigenvalue weighted by Crippen LogP contribution is 2.38. The van der Waals surface area contributed by atoms with Crippen molar-refractivity contribution in [1.82, 2.24) is 15.5 Å². The van der Waals surface area contributed by atoms with Gasteiger partial charge in [0.25, 0.3) is 5.91 Å². The molecule has 216 valence electrons. The topological polar surface area (TPSA) is 83.1 Å². The SMILES string of the molecule is COc1cc(N2CCCCC2)ccc1CN1CCC2(CCCCNC(=O)c3ccccc3OCCNC2=O)CC1. The van der Waals surface area contributed by atoms with Crippen molar-refractivity contribution in [2.75, 3.05) is 57.9 Å². The number of benzene rings is 2. The van der Waals surface area contributed by atoms with Crippen LogP contribution in [0.5, 0.6) is 11.5 Å². The Kier molecular flexibility index (Phi) is 9.47. The van der Waals surface area contributed by atoms with Crippen LogP contribution >= 0.6 is 0 Å². The van der Waals surface area contributed by atoms with Gasteiger partial charge in [-0.3, -0.25) is 14.5 Å². The summed E-state index contributed by atoms with van der Waals surface area (Å²) >= 11 is 0. The maximum Gasteiger partial charge on any atom is 0.255 e. The second-order valence-corrected chi connectivity index (χ2v) is 11.4. The van der Waals surface area contributed by atoms with Crippen LogP contribution in [0.25, 0.3) is 0 Å². The van der Waals surface area contributed by atoms with Crippen LogP contribution in [0.15, 0.2) is 42.5 Å². The van der Waals surface area contributed by atoms with Crippen LogP contribution < -0.4 is 25.0 Å². The number of anilines is 1. The molecule has 1 spiro atoms. The second kappa shape index (κ2) is 13.4. The summed E-state index contributed by atoms with van der Waals surface area (Å²) in [6.07, 6.45) is 8.04. The van der Waals surface area contributed by atoms with E-state index < -0.39 is 0 Å². The maximum atomic E-state index is 13.5. The highest BCUT2D eigenvalue weighted by atomic mass is 16.5. The minimum atomic E-state index is -0.384. The van der Waals surface area contributed by atoms with E-state index in [2.05, 4.69) is 38.6 Å². The number of rotatable bonds is 4. The molecule has 2 saturated heterocycles. The quantitative estimate of drug-likeness (QED) is 0.590. The molecule has 3 aliphatic rings.